The van der Waals surface area contributed by atoms with Gasteiger partial charge in [0.2, 0.25) is 5.28 Å². The van der Waals surface area contributed by atoms with Gasteiger partial charge in [0.1, 0.15) is 11.6 Å². The zero-order valence-electron chi connectivity index (χ0n) is 14.9. The summed E-state index contributed by atoms with van der Waals surface area (Å²) in [4.78, 5) is 24.6. The van der Waals surface area contributed by atoms with Gasteiger partial charge in [-0.1, -0.05) is 25.1 Å². The maximum absolute atomic E-state index is 12.4. The van der Waals surface area contributed by atoms with Crippen molar-refractivity contribution >= 4 is 34.6 Å². The predicted octanol–water partition coefficient (Wildman–Crippen LogP) is 1.96. The van der Waals surface area contributed by atoms with Gasteiger partial charge in [0.25, 0.3) is 0 Å². The van der Waals surface area contributed by atoms with Gasteiger partial charge in [-0.2, -0.15) is 9.97 Å². The number of aliphatic hydroxyl groups is 1. The molecule has 0 amide bonds. The highest BCUT2D eigenvalue weighted by Crippen LogP contribution is 2.35. The molecule has 0 saturated carbocycles. The molecule has 3 heterocycles. The molecule has 1 saturated heterocycles. The minimum atomic E-state index is -1.13. The molecule has 28 heavy (non-hydrogen) atoms. The number of hydrogen-bond acceptors (Lipinski definition) is 8. The zero-order valence-corrected chi connectivity index (χ0v) is 15.7. The van der Waals surface area contributed by atoms with Gasteiger partial charge in [0.15, 0.2) is 23.8 Å². The molecule has 1 fully saturated rings. The molecule has 2 aromatic heterocycles. The number of hydrogen-bond donors (Lipinski definition) is 2. The fourth-order valence-corrected chi connectivity index (χ4v) is 3.46. The van der Waals surface area contributed by atoms with Gasteiger partial charge in [-0.05, 0) is 30.2 Å². The molecule has 4 rings (SSSR count). The quantitative estimate of drug-likeness (QED) is 0.500. The Morgan fingerprint density at radius 2 is 2.11 bits per heavy atom. The summed E-state index contributed by atoms with van der Waals surface area (Å²) in [7, 11) is 0. The molecule has 4 atom stereocenters. The Bertz CT molecular complexity index is 1010. The van der Waals surface area contributed by atoms with Crippen molar-refractivity contribution in [3.63, 3.8) is 0 Å². The largest absolute Gasteiger partial charge is 0.453 e. The summed E-state index contributed by atoms with van der Waals surface area (Å²) in [6.45, 7) is 1.88. The average molecular weight is 404 g/mol. The van der Waals surface area contributed by atoms with Crippen molar-refractivity contribution in [2.45, 2.75) is 37.9 Å². The first kappa shape index (κ1) is 18.6. The molecule has 0 bridgehead atoms. The average Bonchev–Trinajstić information content (AvgIpc) is 3.24. The fourth-order valence-electron chi connectivity index (χ4n) is 3.29. The molecule has 3 aromatic rings. The topological polar surface area (TPSA) is 125 Å². The molecule has 146 valence electrons. The number of nitrogen functional groups attached to an aromatic ring is 1. The number of esters is 1. The molecule has 0 spiro atoms. The number of rotatable bonds is 4. The van der Waals surface area contributed by atoms with E-state index in [2.05, 4.69) is 15.0 Å². The Balaban J connectivity index is 1.63. The third kappa shape index (κ3) is 3.17. The highest BCUT2D eigenvalue weighted by Gasteiger charge is 2.47. The second kappa shape index (κ2) is 7.34. The van der Waals surface area contributed by atoms with Crippen LogP contribution in [0.4, 0.5) is 5.82 Å². The lowest BCUT2D eigenvalue weighted by Gasteiger charge is -2.20. The Morgan fingerprint density at radius 3 is 2.82 bits per heavy atom. The minimum Gasteiger partial charge on any atom is -0.453 e. The number of carbonyl (C=O) groups excluding carboxylic acids is 1. The number of nitrogens with two attached hydrogens (primary N) is 1. The summed E-state index contributed by atoms with van der Waals surface area (Å²) in [6.07, 6.45) is -1.38. The number of anilines is 1. The first-order chi connectivity index (χ1) is 13.5. The number of benzene rings is 1. The van der Waals surface area contributed by atoms with Crippen LogP contribution in [0, 0.1) is 0 Å². The fraction of sp³-hybridized carbons (Fsp3) is 0.333. The molecular weight excluding hydrogens is 386 g/mol. The third-order valence-electron chi connectivity index (χ3n) is 4.66. The van der Waals surface area contributed by atoms with E-state index in [-0.39, 0.29) is 11.1 Å². The predicted molar refractivity (Wildman–Crippen MR) is 101 cm³/mol. The van der Waals surface area contributed by atoms with Crippen LogP contribution >= 0.6 is 11.6 Å². The highest BCUT2D eigenvalue weighted by atomic mass is 35.5. The summed E-state index contributed by atoms with van der Waals surface area (Å²) in [6, 6.07) is 8.58. The van der Waals surface area contributed by atoms with Gasteiger partial charge >= 0.3 is 5.97 Å². The van der Waals surface area contributed by atoms with Crippen molar-refractivity contribution in [1.82, 2.24) is 19.5 Å². The molecule has 1 unspecified atom stereocenters. The van der Waals surface area contributed by atoms with Gasteiger partial charge < -0.3 is 20.3 Å². The minimum absolute atomic E-state index is 0.0432. The number of aliphatic hydroxyl groups excluding tert-OH is 1. The van der Waals surface area contributed by atoms with E-state index < -0.39 is 30.5 Å². The van der Waals surface area contributed by atoms with Gasteiger partial charge in [-0.15, -0.1) is 0 Å². The summed E-state index contributed by atoms with van der Waals surface area (Å²) >= 11 is 5.90. The molecule has 9 nitrogen and oxygen atoms in total. The monoisotopic (exact) mass is 403 g/mol. The van der Waals surface area contributed by atoms with Crippen LogP contribution in [0.25, 0.3) is 11.2 Å². The lowest BCUT2D eigenvalue weighted by molar-refractivity contribution is -0.0356. The van der Waals surface area contributed by atoms with Crippen molar-refractivity contribution in [2.24, 2.45) is 0 Å². The molecule has 1 aliphatic rings. The lowest BCUT2D eigenvalue weighted by atomic mass is 10.1. The van der Waals surface area contributed by atoms with Crippen LogP contribution < -0.4 is 5.73 Å². The number of carbonyl (C=O) groups is 1. The molecule has 3 N–H and O–H groups in total. The third-order valence-corrected chi connectivity index (χ3v) is 4.83. The Hall–Kier alpha value is -2.75. The molecule has 1 aliphatic heterocycles. The van der Waals surface area contributed by atoms with E-state index in [4.69, 9.17) is 26.8 Å². The van der Waals surface area contributed by atoms with Crippen LogP contribution in [0.3, 0.4) is 0 Å². The number of fused-ring (bicyclic) bond motifs is 1. The van der Waals surface area contributed by atoms with Crippen LogP contribution in [-0.2, 0) is 9.47 Å². The maximum Gasteiger partial charge on any atom is 0.338 e. The van der Waals surface area contributed by atoms with Crippen LogP contribution in [0.15, 0.2) is 36.7 Å². The first-order valence-corrected chi connectivity index (χ1v) is 9.12. The van der Waals surface area contributed by atoms with Crippen molar-refractivity contribution in [2.75, 3.05) is 5.73 Å². The summed E-state index contributed by atoms with van der Waals surface area (Å²) in [5.41, 5.74) is 6.90. The summed E-state index contributed by atoms with van der Waals surface area (Å²) < 4.78 is 13.0. The Labute approximate surface area is 165 Å². The van der Waals surface area contributed by atoms with E-state index in [0.29, 0.717) is 23.1 Å². The second-order valence-corrected chi connectivity index (χ2v) is 6.74. The van der Waals surface area contributed by atoms with E-state index >= 15 is 0 Å². The van der Waals surface area contributed by atoms with Gasteiger partial charge in [-0.3, -0.25) is 4.57 Å². The first-order valence-electron chi connectivity index (χ1n) is 8.74. The van der Waals surface area contributed by atoms with Crippen LogP contribution in [0.2, 0.25) is 5.28 Å². The van der Waals surface area contributed by atoms with Crippen molar-refractivity contribution in [1.29, 1.82) is 0 Å². The lowest BCUT2D eigenvalue weighted by Crippen LogP contribution is -2.36. The zero-order chi connectivity index (χ0) is 19.8. The van der Waals surface area contributed by atoms with Crippen molar-refractivity contribution < 1.29 is 19.4 Å². The molecule has 0 aliphatic carbocycles. The number of nitrogens with zero attached hydrogens (tertiary/aromatic N) is 4. The number of halogens is 1. The molecular formula is C18H18ClN5O4. The maximum atomic E-state index is 12.4. The van der Waals surface area contributed by atoms with Crippen molar-refractivity contribution in [3.8, 4) is 0 Å². The Morgan fingerprint density at radius 1 is 1.36 bits per heavy atom. The van der Waals surface area contributed by atoms with Crippen LogP contribution in [0.1, 0.15) is 29.9 Å². The van der Waals surface area contributed by atoms with E-state index in [0.717, 1.165) is 0 Å². The van der Waals surface area contributed by atoms with Gasteiger partial charge in [0, 0.05) is 0 Å². The number of imidazole rings is 1. The smallest absolute Gasteiger partial charge is 0.338 e. The Kier molecular flexibility index (Phi) is 4.88. The molecule has 0 radical (unpaired) electrons. The van der Waals surface area contributed by atoms with E-state index in [9.17, 15) is 9.90 Å². The highest BCUT2D eigenvalue weighted by molar-refractivity contribution is 6.28. The van der Waals surface area contributed by atoms with E-state index in [1.165, 1.54) is 10.9 Å². The van der Waals surface area contributed by atoms with E-state index in [1.54, 1.807) is 30.3 Å². The van der Waals surface area contributed by atoms with Crippen LogP contribution in [0.5, 0.6) is 0 Å². The summed E-state index contributed by atoms with van der Waals surface area (Å²) in [5.74, 6) is -0.405. The number of aromatic nitrogens is 4. The normalized spacial score (nSPS) is 24.5. The molecule has 10 heteroatoms. The van der Waals surface area contributed by atoms with Crippen molar-refractivity contribution in [3.05, 3.63) is 47.5 Å². The number of ether oxygens (including phenoxy) is 2. The SMILES string of the molecule is CC[C@H]1O[C@@H](n2cnc3c(N)nc(Cl)nc32)C(O)[C@H]1OC(=O)c1ccccc1. The van der Waals surface area contributed by atoms with Crippen LogP contribution in [-0.4, -0.2) is 48.9 Å². The second-order valence-electron chi connectivity index (χ2n) is 6.40. The van der Waals surface area contributed by atoms with Gasteiger partial charge in [0.05, 0.1) is 18.0 Å². The summed E-state index contributed by atoms with van der Waals surface area (Å²) in [5, 5.41) is 10.8. The standard InChI is InChI=1S/C18H18ClN5O4/c1-2-10-13(28-17(26)9-6-4-3-5-7-9)12(25)16(27-10)24-8-21-11-14(20)22-18(19)23-15(11)24/h3-8,10,12-13,16,25H,2H2,1H3,(H2,20,22,23)/t10-,12?,13+,16-/m1/s1. The molecule has 1 aromatic carbocycles. The van der Waals surface area contributed by atoms with E-state index in [1.807, 2.05) is 6.92 Å². The van der Waals surface area contributed by atoms with Gasteiger partial charge in [-0.25, -0.2) is 9.78 Å².